The molecule has 4 heteroatoms. The van der Waals surface area contributed by atoms with Gasteiger partial charge in [-0.3, -0.25) is 0 Å². The number of hydrogen-bond acceptors (Lipinski definition) is 4. The molecule has 0 spiro atoms. The lowest BCUT2D eigenvalue weighted by molar-refractivity contribution is -0.0353. The lowest BCUT2D eigenvalue weighted by atomic mass is 10.0. The molecule has 1 saturated carbocycles. The van der Waals surface area contributed by atoms with E-state index in [1.807, 2.05) is 6.92 Å². The molecule has 1 saturated heterocycles. The summed E-state index contributed by atoms with van der Waals surface area (Å²) in [6.45, 7) is 3.11. The normalized spacial score (nSPS) is 35.0. The van der Waals surface area contributed by atoms with Gasteiger partial charge in [0.2, 0.25) is 0 Å². The predicted molar refractivity (Wildman–Crippen MR) is 77.8 cm³/mol. The van der Waals surface area contributed by atoms with Crippen molar-refractivity contribution in [1.82, 2.24) is 0 Å². The SMILES string of the molecule is COC[C@H]1O[C@@H](C)C(OCCCCC2CCCC2)[C@H]1O. The fourth-order valence-corrected chi connectivity index (χ4v) is 3.51. The Labute approximate surface area is 122 Å². The average Bonchev–Trinajstić information content (AvgIpc) is 3.02. The van der Waals surface area contributed by atoms with E-state index in [2.05, 4.69) is 0 Å². The highest BCUT2D eigenvalue weighted by atomic mass is 16.6. The zero-order valence-electron chi connectivity index (χ0n) is 12.9. The van der Waals surface area contributed by atoms with Crippen molar-refractivity contribution < 1.29 is 19.3 Å². The number of rotatable bonds is 8. The predicted octanol–water partition coefficient (Wildman–Crippen LogP) is 2.53. The van der Waals surface area contributed by atoms with Gasteiger partial charge in [0, 0.05) is 13.7 Å². The third kappa shape index (κ3) is 4.42. The molecule has 4 atom stereocenters. The van der Waals surface area contributed by atoms with E-state index in [0.717, 1.165) is 18.9 Å². The van der Waals surface area contributed by atoms with Crippen molar-refractivity contribution >= 4 is 0 Å². The molecule has 0 radical (unpaired) electrons. The monoisotopic (exact) mass is 286 g/mol. The molecule has 1 aliphatic carbocycles. The maximum atomic E-state index is 10.1. The minimum Gasteiger partial charge on any atom is -0.387 e. The number of hydrogen-bond donors (Lipinski definition) is 1. The summed E-state index contributed by atoms with van der Waals surface area (Å²) >= 11 is 0. The fourth-order valence-electron chi connectivity index (χ4n) is 3.51. The molecule has 4 nitrogen and oxygen atoms in total. The molecule has 1 unspecified atom stereocenters. The highest BCUT2D eigenvalue weighted by Gasteiger charge is 2.41. The summed E-state index contributed by atoms with van der Waals surface area (Å²) < 4.78 is 16.6. The van der Waals surface area contributed by atoms with Crippen LogP contribution in [0.4, 0.5) is 0 Å². The zero-order chi connectivity index (χ0) is 14.4. The van der Waals surface area contributed by atoms with Crippen LogP contribution in [0.3, 0.4) is 0 Å². The van der Waals surface area contributed by atoms with Crippen LogP contribution in [0.25, 0.3) is 0 Å². The first kappa shape index (κ1) is 16.2. The van der Waals surface area contributed by atoms with Gasteiger partial charge in [0.15, 0.2) is 0 Å². The van der Waals surface area contributed by atoms with E-state index in [1.165, 1.54) is 38.5 Å². The number of ether oxygens (including phenoxy) is 3. The third-order valence-electron chi connectivity index (χ3n) is 4.69. The molecular weight excluding hydrogens is 256 g/mol. The molecule has 0 aromatic carbocycles. The average molecular weight is 286 g/mol. The van der Waals surface area contributed by atoms with Crippen molar-refractivity contribution in [3.05, 3.63) is 0 Å². The molecule has 1 aliphatic heterocycles. The van der Waals surface area contributed by atoms with Crippen molar-refractivity contribution in [3.63, 3.8) is 0 Å². The van der Waals surface area contributed by atoms with Crippen LogP contribution in [-0.4, -0.2) is 49.8 Å². The molecule has 2 aliphatic rings. The van der Waals surface area contributed by atoms with Gasteiger partial charge < -0.3 is 19.3 Å². The van der Waals surface area contributed by atoms with Crippen LogP contribution in [0, 0.1) is 5.92 Å². The Morgan fingerprint density at radius 2 is 1.95 bits per heavy atom. The Bertz CT molecular complexity index is 265. The number of aliphatic hydroxyl groups excluding tert-OH is 1. The van der Waals surface area contributed by atoms with Gasteiger partial charge in [-0.2, -0.15) is 0 Å². The molecule has 0 aromatic rings. The zero-order valence-corrected chi connectivity index (χ0v) is 12.9. The first-order valence-corrected chi connectivity index (χ1v) is 8.16. The van der Waals surface area contributed by atoms with Crippen LogP contribution in [0.5, 0.6) is 0 Å². The van der Waals surface area contributed by atoms with Gasteiger partial charge in [0.05, 0.1) is 12.7 Å². The Morgan fingerprint density at radius 3 is 2.65 bits per heavy atom. The van der Waals surface area contributed by atoms with Crippen molar-refractivity contribution in [3.8, 4) is 0 Å². The van der Waals surface area contributed by atoms with E-state index < -0.39 is 6.10 Å². The Balaban J connectivity index is 1.58. The smallest absolute Gasteiger partial charge is 0.112 e. The summed E-state index contributed by atoms with van der Waals surface area (Å²) in [6, 6.07) is 0. The molecule has 0 aromatic heterocycles. The summed E-state index contributed by atoms with van der Waals surface area (Å²) in [6.07, 6.45) is 8.27. The van der Waals surface area contributed by atoms with Gasteiger partial charge in [0.25, 0.3) is 0 Å². The summed E-state index contributed by atoms with van der Waals surface area (Å²) in [7, 11) is 1.62. The molecule has 1 heterocycles. The highest BCUT2D eigenvalue weighted by molar-refractivity contribution is 4.89. The molecule has 118 valence electrons. The van der Waals surface area contributed by atoms with Crippen LogP contribution in [0.1, 0.15) is 51.9 Å². The topological polar surface area (TPSA) is 47.9 Å². The van der Waals surface area contributed by atoms with E-state index in [9.17, 15) is 5.11 Å². The Kier molecular flexibility index (Phi) is 6.75. The van der Waals surface area contributed by atoms with Gasteiger partial charge >= 0.3 is 0 Å². The molecule has 2 fully saturated rings. The second-order valence-electron chi connectivity index (χ2n) is 6.31. The fraction of sp³-hybridized carbons (Fsp3) is 1.00. The van der Waals surface area contributed by atoms with Crippen LogP contribution in [-0.2, 0) is 14.2 Å². The Hall–Kier alpha value is -0.160. The van der Waals surface area contributed by atoms with Crippen molar-refractivity contribution in [1.29, 1.82) is 0 Å². The summed E-state index contributed by atoms with van der Waals surface area (Å²) in [5.41, 5.74) is 0. The maximum Gasteiger partial charge on any atom is 0.112 e. The van der Waals surface area contributed by atoms with Gasteiger partial charge in [-0.05, 0) is 19.3 Å². The molecular formula is C16H30O4. The molecule has 0 amide bonds. The number of methoxy groups -OCH3 is 1. The van der Waals surface area contributed by atoms with Gasteiger partial charge in [-0.1, -0.05) is 38.5 Å². The van der Waals surface area contributed by atoms with Crippen LogP contribution < -0.4 is 0 Å². The summed E-state index contributed by atoms with van der Waals surface area (Å²) in [5.74, 6) is 0.959. The molecule has 1 N–H and O–H groups in total. The Morgan fingerprint density at radius 1 is 1.20 bits per heavy atom. The van der Waals surface area contributed by atoms with Gasteiger partial charge in [-0.25, -0.2) is 0 Å². The van der Waals surface area contributed by atoms with Crippen LogP contribution >= 0.6 is 0 Å². The lowest BCUT2D eigenvalue weighted by Crippen LogP contribution is -2.36. The first-order chi connectivity index (χ1) is 9.72. The van der Waals surface area contributed by atoms with E-state index in [0.29, 0.717) is 6.61 Å². The van der Waals surface area contributed by atoms with E-state index in [1.54, 1.807) is 7.11 Å². The standard InChI is InChI=1S/C16H30O4/c1-12-16(15(17)14(20-12)11-18-2)19-10-6-5-9-13-7-3-4-8-13/h12-17H,3-11H2,1-2H3/t12-,14+,15-,16?/m0/s1. The maximum absolute atomic E-state index is 10.1. The third-order valence-corrected chi connectivity index (χ3v) is 4.69. The molecule has 0 bridgehead atoms. The van der Waals surface area contributed by atoms with Gasteiger partial charge in [-0.15, -0.1) is 0 Å². The highest BCUT2D eigenvalue weighted by Crippen LogP contribution is 2.29. The van der Waals surface area contributed by atoms with Crippen molar-refractivity contribution in [2.24, 2.45) is 5.92 Å². The van der Waals surface area contributed by atoms with Crippen molar-refractivity contribution in [2.45, 2.75) is 76.3 Å². The first-order valence-electron chi connectivity index (χ1n) is 8.16. The minimum atomic E-state index is -0.570. The summed E-state index contributed by atoms with van der Waals surface area (Å²) in [4.78, 5) is 0. The minimum absolute atomic E-state index is 0.0556. The van der Waals surface area contributed by atoms with Crippen LogP contribution in [0.15, 0.2) is 0 Å². The van der Waals surface area contributed by atoms with E-state index >= 15 is 0 Å². The summed E-state index contributed by atoms with van der Waals surface area (Å²) in [5, 5.41) is 10.1. The van der Waals surface area contributed by atoms with Crippen LogP contribution in [0.2, 0.25) is 0 Å². The molecule has 20 heavy (non-hydrogen) atoms. The molecule has 2 rings (SSSR count). The van der Waals surface area contributed by atoms with E-state index in [4.69, 9.17) is 14.2 Å². The second kappa shape index (κ2) is 8.32. The second-order valence-corrected chi connectivity index (χ2v) is 6.31. The number of aliphatic hydroxyl groups is 1. The largest absolute Gasteiger partial charge is 0.387 e. The van der Waals surface area contributed by atoms with Gasteiger partial charge in [0.1, 0.15) is 18.3 Å². The lowest BCUT2D eigenvalue weighted by Gasteiger charge is -2.19. The number of unbranched alkanes of at least 4 members (excludes halogenated alkanes) is 1. The van der Waals surface area contributed by atoms with Crippen molar-refractivity contribution in [2.75, 3.05) is 20.3 Å². The quantitative estimate of drug-likeness (QED) is 0.697. The van der Waals surface area contributed by atoms with E-state index in [-0.39, 0.29) is 18.3 Å².